The highest BCUT2D eigenvalue weighted by Crippen LogP contribution is 2.37. The van der Waals surface area contributed by atoms with Crippen LogP contribution in [0.2, 0.25) is 0 Å². The molecule has 0 aliphatic heterocycles. The molecule has 0 aromatic heterocycles. The third kappa shape index (κ3) is 4.66. The van der Waals surface area contributed by atoms with Crippen LogP contribution in [0, 0.1) is 10.1 Å². The highest BCUT2D eigenvalue weighted by atomic mass is 32.2. The molecular weight excluding hydrogens is 319 g/mol. The fourth-order valence-electron chi connectivity index (χ4n) is 1.67. The van der Waals surface area contributed by atoms with Crippen molar-refractivity contribution in [3.05, 3.63) is 64.2 Å². The summed E-state index contributed by atoms with van der Waals surface area (Å²) in [7, 11) is 0. The average molecular weight is 329 g/mol. The molecule has 2 aromatic carbocycles. The van der Waals surface area contributed by atoms with Gasteiger partial charge >= 0.3 is 6.36 Å². The molecule has 8 heteroatoms. The van der Waals surface area contributed by atoms with Crippen molar-refractivity contribution in [3.63, 3.8) is 0 Å². The van der Waals surface area contributed by atoms with E-state index in [0.717, 1.165) is 35.5 Å². The van der Waals surface area contributed by atoms with Gasteiger partial charge in [-0.3, -0.25) is 10.1 Å². The lowest BCUT2D eigenvalue weighted by Crippen LogP contribution is -2.17. The molecule has 116 valence electrons. The van der Waals surface area contributed by atoms with E-state index in [0.29, 0.717) is 5.75 Å². The minimum Gasteiger partial charge on any atom is -0.405 e. The quantitative estimate of drug-likeness (QED) is 0.450. The molecule has 4 nitrogen and oxygen atoms in total. The number of halogens is 3. The first-order valence-corrected chi connectivity index (χ1v) is 7.04. The van der Waals surface area contributed by atoms with Crippen molar-refractivity contribution in [1.82, 2.24) is 0 Å². The van der Waals surface area contributed by atoms with Gasteiger partial charge in [-0.1, -0.05) is 30.3 Å². The van der Waals surface area contributed by atoms with Gasteiger partial charge in [-0.2, -0.15) is 0 Å². The first kappa shape index (κ1) is 16.2. The van der Waals surface area contributed by atoms with Crippen molar-refractivity contribution >= 4 is 17.4 Å². The van der Waals surface area contributed by atoms with Crippen LogP contribution in [-0.2, 0) is 5.75 Å². The topological polar surface area (TPSA) is 52.4 Å². The summed E-state index contributed by atoms with van der Waals surface area (Å²) in [4.78, 5) is 10.2. The minimum absolute atomic E-state index is 0.0652. The standard InChI is InChI=1S/C14H10F3NO3S/c15-14(16,17)21-12-7-6-11(18(19)20)8-13(12)22-9-10-4-2-1-3-5-10/h1-8H,9H2. The fourth-order valence-corrected chi connectivity index (χ4v) is 2.64. The van der Waals surface area contributed by atoms with Crippen LogP contribution < -0.4 is 4.74 Å². The van der Waals surface area contributed by atoms with Gasteiger partial charge in [-0.05, 0) is 11.6 Å². The molecule has 0 aliphatic carbocycles. The van der Waals surface area contributed by atoms with E-state index in [9.17, 15) is 23.3 Å². The molecule has 0 spiro atoms. The Labute approximate surface area is 128 Å². The molecule has 2 rings (SSSR count). The molecule has 0 radical (unpaired) electrons. The summed E-state index contributed by atoms with van der Waals surface area (Å²) in [6, 6.07) is 12.1. The third-order valence-electron chi connectivity index (χ3n) is 2.60. The Balaban J connectivity index is 2.24. The van der Waals surface area contributed by atoms with Gasteiger partial charge in [0.25, 0.3) is 5.69 Å². The Morgan fingerprint density at radius 2 is 1.82 bits per heavy atom. The maximum absolute atomic E-state index is 12.4. The van der Waals surface area contributed by atoms with Crippen molar-refractivity contribution in [1.29, 1.82) is 0 Å². The number of nitro benzene ring substituents is 1. The zero-order valence-corrected chi connectivity index (χ0v) is 11.9. The first-order valence-electron chi connectivity index (χ1n) is 6.06. The largest absolute Gasteiger partial charge is 0.573 e. The van der Waals surface area contributed by atoms with Gasteiger partial charge in [0.1, 0.15) is 5.75 Å². The molecule has 0 unspecified atom stereocenters. The van der Waals surface area contributed by atoms with Crippen LogP contribution in [0.3, 0.4) is 0 Å². The summed E-state index contributed by atoms with van der Waals surface area (Å²) in [5.41, 5.74) is 0.599. The monoisotopic (exact) mass is 329 g/mol. The molecule has 0 saturated heterocycles. The molecule has 2 aromatic rings. The van der Waals surface area contributed by atoms with E-state index >= 15 is 0 Å². The Bertz CT molecular complexity index is 662. The fraction of sp³-hybridized carbons (Fsp3) is 0.143. The van der Waals surface area contributed by atoms with Gasteiger partial charge in [0.2, 0.25) is 0 Å². The molecule has 0 heterocycles. The summed E-state index contributed by atoms with van der Waals surface area (Å²) in [5.74, 6) is -0.0741. The van der Waals surface area contributed by atoms with Crippen LogP contribution in [-0.4, -0.2) is 11.3 Å². The summed E-state index contributed by atoms with van der Waals surface area (Å²) in [6.07, 6.45) is -4.85. The Kier molecular flexibility index (Phi) is 4.92. The normalized spacial score (nSPS) is 11.2. The van der Waals surface area contributed by atoms with Crippen LogP contribution in [0.15, 0.2) is 53.4 Å². The SMILES string of the molecule is O=[N+]([O-])c1ccc(OC(F)(F)F)c(SCc2ccccc2)c1. The zero-order valence-electron chi connectivity index (χ0n) is 11.0. The molecule has 0 amide bonds. The van der Waals surface area contributed by atoms with Crippen molar-refractivity contribution in [2.45, 2.75) is 17.0 Å². The maximum Gasteiger partial charge on any atom is 0.573 e. The molecular formula is C14H10F3NO3S. The lowest BCUT2D eigenvalue weighted by molar-refractivity contribution is -0.385. The minimum atomic E-state index is -4.85. The number of thioether (sulfide) groups is 1. The predicted octanol–water partition coefficient (Wildman–Crippen LogP) is 4.79. The first-order chi connectivity index (χ1) is 10.3. The van der Waals surface area contributed by atoms with Gasteiger partial charge < -0.3 is 4.74 Å². The van der Waals surface area contributed by atoms with E-state index in [1.54, 1.807) is 12.1 Å². The lowest BCUT2D eigenvalue weighted by Gasteiger charge is -2.12. The van der Waals surface area contributed by atoms with Gasteiger partial charge in [-0.25, -0.2) is 0 Å². The van der Waals surface area contributed by atoms with Crippen LogP contribution in [0.25, 0.3) is 0 Å². The molecule has 0 atom stereocenters. The number of benzene rings is 2. The molecule has 0 fully saturated rings. The lowest BCUT2D eigenvalue weighted by atomic mass is 10.2. The second kappa shape index (κ2) is 6.69. The zero-order chi connectivity index (χ0) is 16.2. The van der Waals surface area contributed by atoms with Crippen LogP contribution in [0.5, 0.6) is 5.75 Å². The van der Waals surface area contributed by atoms with Crippen molar-refractivity contribution < 1.29 is 22.8 Å². The number of alkyl halides is 3. The maximum atomic E-state index is 12.4. The van der Waals surface area contributed by atoms with Crippen molar-refractivity contribution in [2.24, 2.45) is 0 Å². The Hall–Kier alpha value is -2.22. The predicted molar refractivity (Wildman–Crippen MR) is 75.8 cm³/mol. The van der Waals surface area contributed by atoms with Gasteiger partial charge in [0.05, 0.1) is 9.82 Å². The van der Waals surface area contributed by atoms with E-state index in [2.05, 4.69) is 4.74 Å². The van der Waals surface area contributed by atoms with Crippen molar-refractivity contribution in [3.8, 4) is 5.75 Å². The number of non-ortho nitro benzene ring substituents is 1. The highest BCUT2D eigenvalue weighted by Gasteiger charge is 2.32. The van der Waals surface area contributed by atoms with Crippen LogP contribution in [0.1, 0.15) is 5.56 Å². The summed E-state index contributed by atoms with van der Waals surface area (Å²) in [5, 5.41) is 10.8. The molecule has 0 N–H and O–H groups in total. The second-order valence-electron chi connectivity index (χ2n) is 4.21. The third-order valence-corrected chi connectivity index (χ3v) is 3.71. The summed E-state index contributed by atoms with van der Waals surface area (Å²) in [6.45, 7) is 0. The summed E-state index contributed by atoms with van der Waals surface area (Å²) >= 11 is 1.04. The number of rotatable bonds is 5. The Morgan fingerprint density at radius 1 is 1.14 bits per heavy atom. The van der Waals surface area contributed by atoms with E-state index in [-0.39, 0.29) is 10.6 Å². The number of hydrogen-bond acceptors (Lipinski definition) is 4. The molecule has 0 saturated carbocycles. The highest BCUT2D eigenvalue weighted by molar-refractivity contribution is 7.98. The van der Waals surface area contributed by atoms with Gasteiger partial charge in [-0.15, -0.1) is 24.9 Å². The van der Waals surface area contributed by atoms with E-state index in [1.165, 1.54) is 0 Å². The second-order valence-corrected chi connectivity index (χ2v) is 5.23. The van der Waals surface area contributed by atoms with E-state index < -0.39 is 17.0 Å². The number of hydrogen-bond donors (Lipinski definition) is 0. The van der Waals surface area contributed by atoms with Crippen LogP contribution in [0.4, 0.5) is 18.9 Å². The van der Waals surface area contributed by atoms with Crippen LogP contribution >= 0.6 is 11.8 Å². The van der Waals surface area contributed by atoms with Crippen molar-refractivity contribution in [2.75, 3.05) is 0 Å². The van der Waals surface area contributed by atoms with Gasteiger partial charge in [0.15, 0.2) is 0 Å². The molecule has 0 bridgehead atoms. The number of ether oxygens (including phenoxy) is 1. The van der Waals surface area contributed by atoms with E-state index in [4.69, 9.17) is 0 Å². The number of nitrogens with zero attached hydrogens (tertiary/aromatic N) is 1. The summed E-state index contributed by atoms with van der Waals surface area (Å²) < 4.78 is 41.0. The van der Waals surface area contributed by atoms with Gasteiger partial charge in [0, 0.05) is 17.9 Å². The Morgan fingerprint density at radius 3 is 2.41 bits per heavy atom. The smallest absolute Gasteiger partial charge is 0.405 e. The average Bonchev–Trinajstić information content (AvgIpc) is 2.45. The van der Waals surface area contributed by atoms with E-state index in [1.807, 2.05) is 18.2 Å². The molecule has 0 aliphatic rings. The number of nitro groups is 1. The molecule has 22 heavy (non-hydrogen) atoms.